The van der Waals surface area contributed by atoms with Crippen LogP contribution < -0.4 is 5.32 Å². The van der Waals surface area contributed by atoms with E-state index in [-0.39, 0.29) is 5.82 Å². The fraction of sp³-hybridized carbons (Fsp3) is 0.571. The van der Waals surface area contributed by atoms with Gasteiger partial charge in [0.25, 0.3) is 0 Å². The van der Waals surface area contributed by atoms with E-state index in [0.717, 1.165) is 19.4 Å². The topological polar surface area (TPSA) is 12.0 Å². The predicted molar refractivity (Wildman–Crippen MR) is 67.1 cm³/mol. The van der Waals surface area contributed by atoms with E-state index in [9.17, 15) is 4.39 Å². The summed E-state index contributed by atoms with van der Waals surface area (Å²) in [4.78, 5) is 0. The van der Waals surface area contributed by atoms with Gasteiger partial charge in [-0.05, 0) is 43.5 Å². The van der Waals surface area contributed by atoms with E-state index >= 15 is 0 Å². The van der Waals surface area contributed by atoms with Crippen molar-refractivity contribution >= 4 is 0 Å². The molecule has 16 heavy (non-hydrogen) atoms. The third-order valence-corrected chi connectivity index (χ3v) is 2.82. The summed E-state index contributed by atoms with van der Waals surface area (Å²) in [6.07, 6.45) is 4.58. The summed E-state index contributed by atoms with van der Waals surface area (Å²) >= 11 is 0. The summed E-state index contributed by atoms with van der Waals surface area (Å²) in [5.74, 6) is -0.152. The molecule has 0 amide bonds. The molecule has 1 nitrogen and oxygen atoms in total. The number of rotatable bonds is 7. The lowest BCUT2D eigenvalue weighted by Gasteiger charge is -2.16. The summed E-state index contributed by atoms with van der Waals surface area (Å²) in [6.45, 7) is 5.37. The van der Waals surface area contributed by atoms with Crippen LogP contribution in [0.25, 0.3) is 0 Å². The Kier molecular flexibility index (Phi) is 6.09. The smallest absolute Gasteiger partial charge is 0.123 e. The zero-order valence-electron chi connectivity index (χ0n) is 10.3. The number of hydrogen-bond donors (Lipinski definition) is 1. The van der Waals surface area contributed by atoms with Crippen molar-refractivity contribution < 1.29 is 4.39 Å². The molecular formula is C14H22FN. The van der Waals surface area contributed by atoms with E-state index in [2.05, 4.69) is 19.2 Å². The van der Waals surface area contributed by atoms with E-state index in [1.165, 1.54) is 30.5 Å². The van der Waals surface area contributed by atoms with Gasteiger partial charge in [0.1, 0.15) is 5.82 Å². The first-order valence-electron chi connectivity index (χ1n) is 6.24. The van der Waals surface area contributed by atoms with Gasteiger partial charge in [-0.3, -0.25) is 0 Å². The largest absolute Gasteiger partial charge is 0.314 e. The monoisotopic (exact) mass is 223 g/mol. The van der Waals surface area contributed by atoms with Crippen LogP contribution >= 0.6 is 0 Å². The van der Waals surface area contributed by atoms with Gasteiger partial charge in [-0.25, -0.2) is 4.39 Å². The Bertz CT molecular complexity index is 275. The van der Waals surface area contributed by atoms with Crippen LogP contribution in [0.3, 0.4) is 0 Å². The Hall–Kier alpha value is -0.890. The molecule has 1 aromatic carbocycles. The van der Waals surface area contributed by atoms with Crippen molar-refractivity contribution in [2.24, 2.45) is 0 Å². The Morgan fingerprint density at radius 2 is 1.81 bits per heavy atom. The molecule has 1 N–H and O–H groups in total. The number of nitrogens with one attached hydrogen (secondary N) is 1. The molecule has 0 aromatic heterocycles. The minimum atomic E-state index is -0.152. The van der Waals surface area contributed by atoms with Crippen molar-refractivity contribution in [1.29, 1.82) is 0 Å². The standard InChI is InChI=1S/C14H22FN/c1-3-5-14(16-4-2)11-8-12-6-9-13(15)10-7-12/h6-7,9-10,14,16H,3-5,8,11H2,1-2H3. The number of aryl methyl sites for hydroxylation is 1. The first kappa shape index (κ1) is 13.2. The van der Waals surface area contributed by atoms with Crippen LogP contribution in [-0.2, 0) is 6.42 Å². The molecule has 90 valence electrons. The van der Waals surface area contributed by atoms with Crippen molar-refractivity contribution in [3.05, 3.63) is 35.6 Å². The summed E-state index contributed by atoms with van der Waals surface area (Å²) < 4.78 is 12.7. The average molecular weight is 223 g/mol. The SMILES string of the molecule is CCCC(CCc1ccc(F)cc1)NCC. The maximum Gasteiger partial charge on any atom is 0.123 e. The highest BCUT2D eigenvalue weighted by atomic mass is 19.1. The number of halogens is 1. The van der Waals surface area contributed by atoms with Gasteiger partial charge in [-0.15, -0.1) is 0 Å². The lowest BCUT2D eigenvalue weighted by atomic mass is 10.0. The van der Waals surface area contributed by atoms with Crippen molar-refractivity contribution in [3.63, 3.8) is 0 Å². The summed E-state index contributed by atoms with van der Waals surface area (Å²) in [5.41, 5.74) is 1.22. The molecule has 0 bridgehead atoms. The molecule has 0 spiro atoms. The van der Waals surface area contributed by atoms with Gasteiger partial charge in [-0.1, -0.05) is 32.4 Å². The van der Waals surface area contributed by atoms with Crippen molar-refractivity contribution in [1.82, 2.24) is 5.32 Å². The van der Waals surface area contributed by atoms with Crippen molar-refractivity contribution in [3.8, 4) is 0 Å². The van der Waals surface area contributed by atoms with E-state index in [0.29, 0.717) is 6.04 Å². The second kappa shape index (κ2) is 7.39. The van der Waals surface area contributed by atoms with Crippen LogP contribution in [-0.4, -0.2) is 12.6 Å². The van der Waals surface area contributed by atoms with Gasteiger partial charge in [0, 0.05) is 6.04 Å². The quantitative estimate of drug-likeness (QED) is 0.745. The molecular weight excluding hydrogens is 201 g/mol. The predicted octanol–water partition coefficient (Wildman–Crippen LogP) is 3.54. The van der Waals surface area contributed by atoms with Gasteiger partial charge in [0.05, 0.1) is 0 Å². The molecule has 1 atom stereocenters. The number of hydrogen-bond acceptors (Lipinski definition) is 1. The fourth-order valence-electron chi connectivity index (χ4n) is 1.98. The van der Waals surface area contributed by atoms with Gasteiger partial charge >= 0.3 is 0 Å². The Morgan fingerprint density at radius 1 is 1.12 bits per heavy atom. The van der Waals surface area contributed by atoms with Crippen LogP contribution in [0.4, 0.5) is 4.39 Å². The Balaban J connectivity index is 2.38. The van der Waals surface area contributed by atoms with Gasteiger partial charge in [0.2, 0.25) is 0 Å². The van der Waals surface area contributed by atoms with Crippen molar-refractivity contribution in [2.75, 3.05) is 6.54 Å². The van der Waals surface area contributed by atoms with Crippen LogP contribution in [0.5, 0.6) is 0 Å². The highest BCUT2D eigenvalue weighted by Crippen LogP contribution is 2.09. The highest BCUT2D eigenvalue weighted by molar-refractivity contribution is 5.16. The number of benzene rings is 1. The van der Waals surface area contributed by atoms with Crippen LogP contribution in [0.1, 0.15) is 38.7 Å². The lowest BCUT2D eigenvalue weighted by Crippen LogP contribution is -2.29. The minimum Gasteiger partial charge on any atom is -0.314 e. The molecule has 2 heteroatoms. The molecule has 0 fully saturated rings. The van der Waals surface area contributed by atoms with E-state index in [4.69, 9.17) is 0 Å². The zero-order chi connectivity index (χ0) is 11.8. The molecule has 1 aromatic rings. The molecule has 0 aliphatic heterocycles. The second-order valence-electron chi connectivity index (χ2n) is 4.21. The average Bonchev–Trinajstić information content (AvgIpc) is 2.29. The molecule has 0 radical (unpaired) electrons. The molecule has 0 saturated carbocycles. The van der Waals surface area contributed by atoms with E-state index < -0.39 is 0 Å². The van der Waals surface area contributed by atoms with E-state index in [1.54, 1.807) is 0 Å². The normalized spacial score (nSPS) is 12.7. The van der Waals surface area contributed by atoms with Crippen molar-refractivity contribution in [2.45, 2.75) is 45.6 Å². The third kappa shape index (κ3) is 4.75. The molecule has 0 aliphatic carbocycles. The maximum absolute atomic E-state index is 12.7. The van der Waals surface area contributed by atoms with Crippen LogP contribution in [0.2, 0.25) is 0 Å². The zero-order valence-corrected chi connectivity index (χ0v) is 10.3. The molecule has 1 rings (SSSR count). The fourth-order valence-corrected chi connectivity index (χ4v) is 1.98. The first-order chi connectivity index (χ1) is 7.76. The minimum absolute atomic E-state index is 0.152. The highest BCUT2D eigenvalue weighted by Gasteiger charge is 2.05. The molecule has 0 saturated heterocycles. The summed E-state index contributed by atoms with van der Waals surface area (Å²) in [7, 11) is 0. The molecule has 0 aliphatic rings. The Labute approximate surface area is 98.1 Å². The summed E-state index contributed by atoms with van der Waals surface area (Å²) in [5, 5.41) is 3.49. The summed E-state index contributed by atoms with van der Waals surface area (Å²) in [6, 6.07) is 7.43. The maximum atomic E-state index is 12.7. The first-order valence-corrected chi connectivity index (χ1v) is 6.24. The van der Waals surface area contributed by atoms with Gasteiger partial charge < -0.3 is 5.32 Å². The van der Waals surface area contributed by atoms with Crippen LogP contribution in [0, 0.1) is 5.82 Å². The third-order valence-electron chi connectivity index (χ3n) is 2.82. The van der Waals surface area contributed by atoms with Gasteiger partial charge in [0.15, 0.2) is 0 Å². The second-order valence-corrected chi connectivity index (χ2v) is 4.21. The molecule has 1 unspecified atom stereocenters. The van der Waals surface area contributed by atoms with E-state index in [1.807, 2.05) is 12.1 Å². The lowest BCUT2D eigenvalue weighted by molar-refractivity contribution is 0.459. The van der Waals surface area contributed by atoms with Gasteiger partial charge in [-0.2, -0.15) is 0 Å². The van der Waals surface area contributed by atoms with Crippen LogP contribution in [0.15, 0.2) is 24.3 Å². The Morgan fingerprint density at radius 3 is 2.38 bits per heavy atom. The molecule has 0 heterocycles.